The van der Waals surface area contributed by atoms with E-state index in [1.165, 1.54) is 6.07 Å². The van der Waals surface area contributed by atoms with Gasteiger partial charge in [-0.15, -0.1) is 0 Å². The second-order valence-electron chi connectivity index (χ2n) is 6.40. The van der Waals surface area contributed by atoms with Crippen molar-refractivity contribution in [1.29, 1.82) is 0 Å². The average molecular weight is 360 g/mol. The molecule has 0 atom stereocenters. The number of carbonyl (C=O) groups excluding carboxylic acids is 1. The number of carbonyl (C=O) groups is 1. The predicted octanol–water partition coefficient (Wildman–Crippen LogP) is 3.89. The van der Waals surface area contributed by atoms with Gasteiger partial charge >= 0.3 is 0 Å². The Labute approximate surface area is 154 Å². The minimum Gasteiger partial charge on any atom is -0.366 e. The van der Waals surface area contributed by atoms with E-state index in [0.29, 0.717) is 28.0 Å². The monoisotopic (exact) mass is 360 g/mol. The molecule has 5 nitrogen and oxygen atoms in total. The van der Waals surface area contributed by atoms with Crippen LogP contribution in [0.15, 0.2) is 43.0 Å². The number of nitrogens with zero attached hydrogens (tertiary/aromatic N) is 2. The largest absolute Gasteiger partial charge is 0.366 e. The highest BCUT2D eigenvalue weighted by molar-refractivity contribution is 6.16. The van der Waals surface area contributed by atoms with Crippen LogP contribution in [-0.2, 0) is 6.42 Å². The molecule has 0 unspecified atom stereocenters. The molecular weight excluding hydrogens is 343 g/mol. The van der Waals surface area contributed by atoms with Crippen LogP contribution >= 0.6 is 0 Å². The summed E-state index contributed by atoms with van der Waals surface area (Å²) in [5.41, 5.74) is 8.81. The molecule has 3 N–H and O–H groups in total. The number of hydrogen-bond acceptors (Lipinski definition) is 3. The fraction of sp³-hybridized carbons (Fsp3) is 0.0952. The molecule has 0 aliphatic heterocycles. The molecule has 4 aromatic rings. The molecule has 134 valence electrons. The van der Waals surface area contributed by atoms with Crippen LogP contribution in [0.4, 0.5) is 4.39 Å². The Hall–Kier alpha value is -3.54. The second-order valence-corrected chi connectivity index (χ2v) is 6.40. The van der Waals surface area contributed by atoms with Crippen molar-refractivity contribution in [3.05, 3.63) is 77.1 Å². The summed E-state index contributed by atoms with van der Waals surface area (Å²) in [7, 11) is 0. The van der Waals surface area contributed by atoms with E-state index in [1.807, 2.05) is 37.3 Å². The first-order chi connectivity index (χ1) is 13.0. The standard InChI is InChI=1S/C21H17FN4O/c1-3-12-8-11(2)24-18(25-12)10-14-16(22)9-15(21(23)27)20-19(14)13-6-4-5-7-17(13)26-20/h3-9,26H,1,10H2,2H3,(H2,23,27). The van der Waals surface area contributed by atoms with E-state index in [4.69, 9.17) is 5.73 Å². The molecule has 2 heterocycles. The molecule has 0 saturated heterocycles. The van der Waals surface area contributed by atoms with Crippen LogP contribution < -0.4 is 5.73 Å². The van der Waals surface area contributed by atoms with Crippen molar-refractivity contribution in [1.82, 2.24) is 15.0 Å². The summed E-state index contributed by atoms with van der Waals surface area (Å²) in [5.74, 6) is -0.703. The first-order valence-corrected chi connectivity index (χ1v) is 8.46. The van der Waals surface area contributed by atoms with Crippen LogP contribution in [0.5, 0.6) is 0 Å². The lowest BCUT2D eigenvalue weighted by Crippen LogP contribution is -2.13. The number of benzene rings is 2. The molecule has 1 amide bonds. The third-order valence-electron chi connectivity index (χ3n) is 4.57. The van der Waals surface area contributed by atoms with Crippen LogP contribution in [0.2, 0.25) is 0 Å². The first kappa shape index (κ1) is 16.9. The minimum atomic E-state index is -0.683. The number of H-pyrrole nitrogens is 1. The van der Waals surface area contributed by atoms with Crippen LogP contribution in [0.3, 0.4) is 0 Å². The molecule has 0 aliphatic carbocycles. The average Bonchev–Trinajstić information content (AvgIpc) is 3.02. The Morgan fingerprint density at radius 3 is 2.81 bits per heavy atom. The van der Waals surface area contributed by atoms with Gasteiger partial charge in [0.15, 0.2) is 0 Å². The minimum absolute atomic E-state index is 0.124. The fourth-order valence-electron chi connectivity index (χ4n) is 3.43. The van der Waals surface area contributed by atoms with Gasteiger partial charge in [-0.1, -0.05) is 24.8 Å². The highest BCUT2D eigenvalue weighted by atomic mass is 19.1. The smallest absolute Gasteiger partial charge is 0.250 e. The highest BCUT2D eigenvalue weighted by Gasteiger charge is 2.20. The third-order valence-corrected chi connectivity index (χ3v) is 4.57. The molecule has 0 aliphatic rings. The first-order valence-electron chi connectivity index (χ1n) is 8.46. The zero-order valence-corrected chi connectivity index (χ0v) is 14.7. The SMILES string of the molecule is C=Cc1cc(C)nc(Cc2c(F)cc(C(N)=O)c3[nH]c4ccccc4c23)n1. The number of halogens is 1. The Morgan fingerprint density at radius 1 is 1.30 bits per heavy atom. The molecule has 0 bridgehead atoms. The number of rotatable bonds is 4. The summed E-state index contributed by atoms with van der Waals surface area (Å²) in [6, 6.07) is 10.5. The number of hydrogen-bond donors (Lipinski definition) is 2. The molecule has 2 aromatic heterocycles. The summed E-state index contributed by atoms with van der Waals surface area (Å²) in [6.07, 6.45) is 1.82. The Kier molecular flexibility index (Phi) is 3.96. The summed E-state index contributed by atoms with van der Waals surface area (Å²) in [4.78, 5) is 23.9. The zero-order valence-electron chi connectivity index (χ0n) is 14.7. The highest BCUT2D eigenvalue weighted by Crippen LogP contribution is 2.33. The van der Waals surface area contributed by atoms with Gasteiger partial charge in [0.05, 0.1) is 16.8 Å². The van der Waals surface area contributed by atoms with Crippen molar-refractivity contribution in [2.24, 2.45) is 5.73 Å². The van der Waals surface area contributed by atoms with Crippen molar-refractivity contribution in [2.45, 2.75) is 13.3 Å². The maximum absolute atomic E-state index is 15.0. The number of nitrogens with one attached hydrogen (secondary N) is 1. The van der Waals surface area contributed by atoms with Gasteiger partial charge in [0.2, 0.25) is 0 Å². The van der Waals surface area contributed by atoms with Gasteiger partial charge in [0.25, 0.3) is 5.91 Å². The number of para-hydroxylation sites is 1. The molecule has 0 radical (unpaired) electrons. The van der Waals surface area contributed by atoms with Gasteiger partial charge in [0, 0.05) is 34.0 Å². The van der Waals surface area contributed by atoms with E-state index < -0.39 is 11.7 Å². The van der Waals surface area contributed by atoms with Gasteiger partial charge < -0.3 is 10.7 Å². The molecule has 0 fully saturated rings. The summed E-state index contributed by atoms with van der Waals surface area (Å²) in [6.45, 7) is 5.58. The number of amides is 1. The van der Waals surface area contributed by atoms with Gasteiger partial charge in [-0.2, -0.15) is 0 Å². The Balaban J connectivity index is 2.02. The third kappa shape index (κ3) is 2.85. The van der Waals surface area contributed by atoms with E-state index in [0.717, 1.165) is 16.6 Å². The fourth-order valence-corrected chi connectivity index (χ4v) is 3.43. The van der Waals surface area contributed by atoms with E-state index in [2.05, 4.69) is 21.5 Å². The van der Waals surface area contributed by atoms with Gasteiger partial charge in [-0.25, -0.2) is 14.4 Å². The number of aromatic nitrogens is 3. The van der Waals surface area contributed by atoms with Crippen molar-refractivity contribution < 1.29 is 9.18 Å². The lowest BCUT2D eigenvalue weighted by atomic mass is 9.99. The molecule has 27 heavy (non-hydrogen) atoms. The predicted molar refractivity (Wildman–Crippen MR) is 104 cm³/mol. The van der Waals surface area contributed by atoms with Crippen LogP contribution in [0, 0.1) is 12.7 Å². The number of aryl methyl sites for hydroxylation is 1. The van der Waals surface area contributed by atoms with Crippen LogP contribution in [0.1, 0.15) is 33.1 Å². The molecule has 4 rings (SSSR count). The quantitative estimate of drug-likeness (QED) is 0.579. The van der Waals surface area contributed by atoms with Crippen LogP contribution in [0.25, 0.3) is 27.9 Å². The molecule has 2 aromatic carbocycles. The van der Waals surface area contributed by atoms with Crippen molar-refractivity contribution in [3.8, 4) is 0 Å². The molecule has 0 spiro atoms. The van der Waals surface area contributed by atoms with E-state index in [-0.39, 0.29) is 12.0 Å². The molecule has 0 saturated carbocycles. The van der Waals surface area contributed by atoms with Crippen molar-refractivity contribution in [3.63, 3.8) is 0 Å². The number of primary amides is 1. The second kappa shape index (κ2) is 6.32. The van der Waals surface area contributed by atoms with E-state index >= 15 is 4.39 Å². The van der Waals surface area contributed by atoms with Gasteiger partial charge in [-0.05, 0) is 31.2 Å². The lowest BCUT2D eigenvalue weighted by molar-refractivity contribution is 0.100. The normalized spacial score (nSPS) is 11.2. The summed E-state index contributed by atoms with van der Waals surface area (Å²) >= 11 is 0. The van der Waals surface area contributed by atoms with E-state index in [1.54, 1.807) is 6.08 Å². The van der Waals surface area contributed by atoms with Gasteiger partial charge in [-0.3, -0.25) is 4.79 Å². The molecular formula is C21H17FN4O. The molecule has 6 heteroatoms. The van der Waals surface area contributed by atoms with Gasteiger partial charge in [0.1, 0.15) is 11.6 Å². The summed E-state index contributed by atoms with van der Waals surface area (Å²) < 4.78 is 15.0. The topological polar surface area (TPSA) is 84.7 Å². The maximum Gasteiger partial charge on any atom is 0.250 e. The maximum atomic E-state index is 15.0. The van der Waals surface area contributed by atoms with Crippen LogP contribution in [-0.4, -0.2) is 20.9 Å². The Morgan fingerprint density at radius 2 is 2.07 bits per heavy atom. The lowest BCUT2D eigenvalue weighted by Gasteiger charge is -2.09. The zero-order chi connectivity index (χ0) is 19.1. The number of nitrogens with two attached hydrogens (primary N) is 1. The Bertz CT molecular complexity index is 1230. The van der Waals surface area contributed by atoms with E-state index in [9.17, 15) is 4.79 Å². The number of aromatic amines is 1. The van der Waals surface area contributed by atoms with Crippen molar-refractivity contribution in [2.75, 3.05) is 0 Å². The summed E-state index contributed by atoms with van der Waals surface area (Å²) in [5, 5.41) is 1.45. The van der Waals surface area contributed by atoms with Crippen molar-refractivity contribution >= 4 is 33.8 Å². The number of fused-ring (bicyclic) bond motifs is 3.